The summed E-state index contributed by atoms with van der Waals surface area (Å²) in [6, 6.07) is 11.5. The Balaban J connectivity index is 1.86. The molecule has 0 radical (unpaired) electrons. The van der Waals surface area contributed by atoms with Crippen LogP contribution < -0.4 is 5.32 Å². The Hall–Kier alpha value is -1.58. The number of carbonyl (C=O) groups excluding carboxylic acids is 1. The fourth-order valence-electron chi connectivity index (χ4n) is 1.60. The zero-order chi connectivity index (χ0) is 13.7. The van der Waals surface area contributed by atoms with E-state index in [4.69, 9.17) is 11.6 Å². The van der Waals surface area contributed by atoms with Gasteiger partial charge in [-0.25, -0.2) is 0 Å². The van der Waals surface area contributed by atoms with Crippen molar-refractivity contribution in [1.29, 1.82) is 0 Å². The first-order chi connectivity index (χ1) is 9.13. The molecule has 0 atom stereocenters. The van der Waals surface area contributed by atoms with E-state index in [9.17, 15) is 4.79 Å². The summed E-state index contributed by atoms with van der Waals surface area (Å²) >= 11 is 7.54. The highest BCUT2D eigenvalue weighted by Crippen LogP contribution is 2.16. The number of amides is 1. The molecule has 19 heavy (non-hydrogen) atoms. The van der Waals surface area contributed by atoms with Crippen LogP contribution >= 0.6 is 22.9 Å². The Morgan fingerprint density at radius 2 is 2.21 bits per heavy atom. The van der Waals surface area contributed by atoms with E-state index in [-0.39, 0.29) is 5.91 Å². The van der Waals surface area contributed by atoms with Crippen LogP contribution in [0.5, 0.6) is 0 Å². The third-order valence-corrected chi connectivity index (χ3v) is 3.72. The Bertz CT molecular complexity index is 604. The lowest BCUT2D eigenvalue weighted by Gasteiger charge is -2.02. The van der Waals surface area contributed by atoms with Gasteiger partial charge in [0.05, 0.1) is 0 Å². The van der Waals surface area contributed by atoms with Gasteiger partial charge in [0.2, 0.25) is 5.91 Å². The summed E-state index contributed by atoms with van der Waals surface area (Å²) in [4.78, 5) is 14.0. The molecule has 0 saturated heterocycles. The van der Waals surface area contributed by atoms with Crippen molar-refractivity contribution in [3.63, 3.8) is 0 Å². The molecule has 1 aromatic carbocycles. The van der Waals surface area contributed by atoms with Gasteiger partial charge in [0.1, 0.15) is 0 Å². The second-order valence-electron chi connectivity index (χ2n) is 4.13. The molecule has 2 rings (SSSR count). The van der Waals surface area contributed by atoms with Crippen LogP contribution in [0.25, 0.3) is 6.08 Å². The first-order valence-electron chi connectivity index (χ1n) is 5.90. The number of hydrogen-bond donors (Lipinski definition) is 1. The molecule has 0 fully saturated rings. The molecule has 2 aromatic rings. The van der Waals surface area contributed by atoms with Crippen molar-refractivity contribution in [1.82, 2.24) is 5.32 Å². The topological polar surface area (TPSA) is 29.1 Å². The van der Waals surface area contributed by atoms with Gasteiger partial charge >= 0.3 is 0 Å². The second kappa shape index (κ2) is 6.55. The van der Waals surface area contributed by atoms with Crippen LogP contribution in [0, 0.1) is 6.92 Å². The van der Waals surface area contributed by atoms with E-state index in [0.717, 1.165) is 10.4 Å². The number of nitrogens with one attached hydrogen (secondary N) is 1. The summed E-state index contributed by atoms with van der Waals surface area (Å²) in [5, 5.41) is 3.50. The molecule has 1 N–H and O–H groups in total. The number of carbonyl (C=O) groups is 1. The molecule has 0 bridgehead atoms. The minimum atomic E-state index is -0.106. The van der Waals surface area contributed by atoms with Crippen molar-refractivity contribution >= 4 is 34.9 Å². The predicted molar refractivity (Wildman–Crippen MR) is 81.4 cm³/mol. The number of hydrogen-bond acceptors (Lipinski definition) is 2. The fourth-order valence-corrected chi connectivity index (χ4v) is 2.59. The van der Waals surface area contributed by atoms with Crippen LogP contribution in [0.2, 0.25) is 5.02 Å². The maximum atomic E-state index is 11.7. The van der Waals surface area contributed by atoms with E-state index in [2.05, 4.69) is 5.32 Å². The van der Waals surface area contributed by atoms with Crippen LogP contribution in [0.15, 0.2) is 42.5 Å². The number of rotatable bonds is 4. The molecule has 98 valence electrons. The minimum Gasteiger partial charge on any atom is -0.348 e. The van der Waals surface area contributed by atoms with Crippen molar-refractivity contribution in [3.05, 3.63) is 62.8 Å². The lowest BCUT2D eigenvalue weighted by Crippen LogP contribution is -2.20. The Kier molecular flexibility index (Phi) is 4.77. The number of aryl methyl sites for hydroxylation is 1. The maximum absolute atomic E-state index is 11.7. The summed E-state index contributed by atoms with van der Waals surface area (Å²) < 4.78 is 0. The largest absolute Gasteiger partial charge is 0.348 e. The van der Waals surface area contributed by atoms with Gasteiger partial charge in [-0.15, -0.1) is 11.3 Å². The standard InChI is InChI=1S/C15H14ClNOS/c1-11-5-6-14(19-11)7-8-15(18)17-10-12-3-2-4-13(16)9-12/h2-9H,10H2,1H3,(H,17,18)/b8-7+. The Labute approximate surface area is 121 Å². The maximum Gasteiger partial charge on any atom is 0.244 e. The molecule has 0 saturated carbocycles. The molecule has 1 amide bonds. The van der Waals surface area contributed by atoms with Crippen LogP contribution in [0.4, 0.5) is 0 Å². The molecular formula is C15H14ClNOS. The predicted octanol–water partition coefficient (Wildman–Crippen LogP) is 4.04. The summed E-state index contributed by atoms with van der Waals surface area (Å²) in [5.41, 5.74) is 0.987. The number of thiophene rings is 1. The Morgan fingerprint density at radius 1 is 1.37 bits per heavy atom. The molecular weight excluding hydrogens is 278 g/mol. The third-order valence-electron chi connectivity index (χ3n) is 2.52. The first-order valence-corrected chi connectivity index (χ1v) is 7.10. The second-order valence-corrected chi connectivity index (χ2v) is 5.89. The van der Waals surface area contributed by atoms with E-state index in [0.29, 0.717) is 11.6 Å². The van der Waals surface area contributed by atoms with Crippen LogP contribution in [0.3, 0.4) is 0 Å². The van der Waals surface area contributed by atoms with Gasteiger partial charge in [0, 0.05) is 27.4 Å². The quantitative estimate of drug-likeness (QED) is 0.846. The van der Waals surface area contributed by atoms with E-state index in [1.54, 1.807) is 17.4 Å². The van der Waals surface area contributed by atoms with Crippen LogP contribution in [-0.4, -0.2) is 5.91 Å². The smallest absolute Gasteiger partial charge is 0.244 e. The first kappa shape index (κ1) is 13.8. The molecule has 4 heteroatoms. The summed E-state index contributed by atoms with van der Waals surface area (Å²) in [6.45, 7) is 2.52. The lowest BCUT2D eigenvalue weighted by molar-refractivity contribution is -0.116. The monoisotopic (exact) mass is 291 g/mol. The van der Waals surface area contributed by atoms with Gasteiger partial charge < -0.3 is 5.32 Å². The van der Waals surface area contributed by atoms with Crippen LogP contribution in [0.1, 0.15) is 15.3 Å². The summed E-state index contributed by atoms with van der Waals surface area (Å²) in [7, 11) is 0. The van der Waals surface area contributed by atoms with Gasteiger partial charge in [-0.05, 0) is 42.8 Å². The highest BCUT2D eigenvalue weighted by molar-refractivity contribution is 7.12. The minimum absolute atomic E-state index is 0.106. The van der Waals surface area contributed by atoms with E-state index in [1.807, 2.05) is 49.4 Å². The van der Waals surface area contributed by atoms with Crippen molar-refractivity contribution in [2.24, 2.45) is 0 Å². The van der Waals surface area contributed by atoms with Gasteiger partial charge in [-0.2, -0.15) is 0 Å². The van der Waals surface area contributed by atoms with E-state index < -0.39 is 0 Å². The molecule has 0 aliphatic carbocycles. The van der Waals surface area contributed by atoms with Gasteiger partial charge in [0.15, 0.2) is 0 Å². The summed E-state index contributed by atoms with van der Waals surface area (Å²) in [6.07, 6.45) is 3.38. The highest BCUT2D eigenvalue weighted by atomic mass is 35.5. The average Bonchev–Trinajstić information content (AvgIpc) is 2.80. The zero-order valence-corrected chi connectivity index (χ0v) is 12.1. The molecule has 0 aliphatic rings. The van der Waals surface area contributed by atoms with E-state index in [1.165, 1.54) is 4.88 Å². The molecule has 1 heterocycles. The van der Waals surface area contributed by atoms with Crippen molar-refractivity contribution in [2.75, 3.05) is 0 Å². The SMILES string of the molecule is Cc1ccc(/C=C/C(=O)NCc2cccc(Cl)c2)s1. The van der Waals surface area contributed by atoms with Gasteiger partial charge in [-0.3, -0.25) is 4.79 Å². The average molecular weight is 292 g/mol. The molecule has 2 nitrogen and oxygen atoms in total. The lowest BCUT2D eigenvalue weighted by atomic mass is 10.2. The molecule has 0 aliphatic heterocycles. The van der Waals surface area contributed by atoms with E-state index >= 15 is 0 Å². The molecule has 0 spiro atoms. The van der Waals surface area contributed by atoms with Gasteiger partial charge in [-0.1, -0.05) is 23.7 Å². The number of benzene rings is 1. The molecule has 0 unspecified atom stereocenters. The molecule has 1 aromatic heterocycles. The summed E-state index contributed by atoms with van der Waals surface area (Å²) in [5.74, 6) is -0.106. The number of halogens is 1. The Morgan fingerprint density at radius 3 is 2.89 bits per heavy atom. The van der Waals surface area contributed by atoms with Crippen molar-refractivity contribution in [2.45, 2.75) is 13.5 Å². The van der Waals surface area contributed by atoms with Crippen LogP contribution in [-0.2, 0) is 11.3 Å². The zero-order valence-electron chi connectivity index (χ0n) is 10.5. The van der Waals surface area contributed by atoms with Gasteiger partial charge in [0.25, 0.3) is 0 Å². The van der Waals surface area contributed by atoms with Crippen molar-refractivity contribution in [3.8, 4) is 0 Å². The fraction of sp³-hybridized carbons (Fsp3) is 0.133. The van der Waals surface area contributed by atoms with Crippen molar-refractivity contribution < 1.29 is 4.79 Å². The normalized spacial score (nSPS) is 10.8. The third kappa shape index (κ3) is 4.54. The highest BCUT2D eigenvalue weighted by Gasteiger charge is 1.98.